The van der Waals surface area contributed by atoms with Gasteiger partial charge in [0.05, 0.1) is 7.11 Å². The van der Waals surface area contributed by atoms with Gasteiger partial charge in [0.25, 0.3) is 0 Å². The van der Waals surface area contributed by atoms with Gasteiger partial charge in [0, 0.05) is 54.8 Å². The maximum absolute atomic E-state index is 5.09. The average molecular weight is 369 g/mol. The Morgan fingerprint density at radius 3 is 2.71 bits per heavy atom. The standard InChI is InChI=1S/C23H21N4O/c1-28-22-7-3-16(12-25-22)9-20-6-2-15(11-24-20)8-19-14-27-23-21(19)10-18(13-26-23)17-4-5-17/h2-3,6-7,9-14,17H,4-5,8H2,1H3,(H,26,27). The van der Waals surface area contributed by atoms with Crippen LogP contribution in [0.2, 0.25) is 0 Å². The Bertz CT molecular complexity index is 1100. The van der Waals surface area contributed by atoms with Gasteiger partial charge in [0.15, 0.2) is 0 Å². The number of ether oxygens (including phenoxy) is 1. The van der Waals surface area contributed by atoms with Gasteiger partial charge in [-0.25, -0.2) is 9.97 Å². The van der Waals surface area contributed by atoms with E-state index in [0.29, 0.717) is 11.8 Å². The summed E-state index contributed by atoms with van der Waals surface area (Å²) in [7, 11) is 1.61. The highest BCUT2D eigenvalue weighted by Gasteiger charge is 2.24. The zero-order chi connectivity index (χ0) is 18.9. The van der Waals surface area contributed by atoms with Crippen molar-refractivity contribution in [1.29, 1.82) is 0 Å². The maximum atomic E-state index is 5.09. The van der Waals surface area contributed by atoms with Crippen LogP contribution in [0.1, 0.15) is 46.7 Å². The number of pyridine rings is 3. The molecule has 1 N–H and O–H groups in total. The molecule has 1 aliphatic rings. The molecule has 5 rings (SSSR count). The molecule has 1 aliphatic carbocycles. The topological polar surface area (TPSA) is 63.7 Å². The Kier molecular flexibility index (Phi) is 4.28. The van der Waals surface area contributed by atoms with Gasteiger partial charge in [0.2, 0.25) is 5.88 Å². The molecule has 1 fully saturated rings. The Hall–Kier alpha value is -3.21. The van der Waals surface area contributed by atoms with Crippen molar-refractivity contribution >= 4 is 11.0 Å². The monoisotopic (exact) mass is 369 g/mol. The highest BCUT2D eigenvalue weighted by molar-refractivity contribution is 5.80. The first-order chi connectivity index (χ1) is 13.8. The number of fused-ring (bicyclic) bond motifs is 1. The van der Waals surface area contributed by atoms with Crippen LogP contribution >= 0.6 is 0 Å². The summed E-state index contributed by atoms with van der Waals surface area (Å²) < 4.78 is 5.09. The van der Waals surface area contributed by atoms with Crippen molar-refractivity contribution in [2.24, 2.45) is 0 Å². The fourth-order valence-electron chi connectivity index (χ4n) is 3.47. The largest absolute Gasteiger partial charge is 0.481 e. The second kappa shape index (κ2) is 7.08. The third kappa shape index (κ3) is 3.48. The van der Waals surface area contributed by atoms with Gasteiger partial charge in [-0.1, -0.05) is 12.1 Å². The third-order valence-corrected chi connectivity index (χ3v) is 5.21. The molecular weight excluding hydrogens is 348 g/mol. The van der Waals surface area contributed by atoms with Gasteiger partial charge in [-0.05, 0) is 53.1 Å². The van der Waals surface area contributed by atoms with E-state index in [1.54, 1.807) is 13.3 Å². The summed E-state index contributed by atoms with van der Waals surface area (Å²) in [4.78, 5) is 16.7. The average Bonchev–Trinajstić information content (AvgIpc) is 3.52. The van der Waals surface area contributed by atoms with Crippen molar-refractivity contribution in [2.75, 3.05) is 7.11 Å². The number of rotatable bonds is 6. The van der Waals surface area contributed by atoms with Gasteiger partial charge < -0.3 is 9.72 Å². The summed E-state index contributed by atoms with van der Waals surface area (Å²) >= 11 is 0. The number of nitrogens with one attached hydrogen (secondary N) is 1. The summed E-state index contributed by atoms with van der Waals surface area (Å²) in [6, 6.07) is 10.3. The second-order valence-corrected chi connectivity index (χ2v) is 7.30. The van der Waals surface area contributed by atoms with Crippen LogP contribution in [0.15, 0.2) is 55.1 Å². The number of hydrogen-bond donors (Lipinski definition) is 1. The summed E-state index contributed by atoms with van der Waals surface area (Å²) in [5.74, 6) is 1.32. The molecule has 0 saturated heterocycles. The van der Waals surface area contributed by atoms with E-state index in [9.17, 15) is 0 Å². The van der Waals surface area contributed by atoms with Gasteiger partial charge in [-0.3, -0.25) is 4.98 Å². The molecule has 4 aromatic rings. The van der Waals surface area contributed by atoms with Crippen LogP contribution in [0.3, 0.4) is 0 Å². The minimum Gasteiger partial charge on any atom is -0.481 e. The normalized spacial score (nSPS) is 13.8. The minimum atomic E-state index is 0.610. The maximum Gasteiger partial charge on any atom is 0.212 e. The van der Waals surface area contributed by atoms with Crippen molar-refractivity contribution in [3.8, 4) is 5.88 Å². The first-order valence-corrected chi connectivity index (χ1v) is 9.54. The van der Waals surface area contributed by atoms with Crippen LogP contribution in [-0.4, -0.2) is 27.0 Å². The molecule has 0 aliphatic heterocycles. The molecule has 0 amide bonds. The van der Waals surface area contributed by atoms with E-state index in [-0.39, 0.29) is 0 Å². The predicted octanol–water partition coefficient (Wildman–Crippen LogP) is 4.43. The van der Waals surface area contributed by atoms with Crippen molar-refractivity contribution < 1.29 is 4.74 Å². The molecule has 0 aromatic carbocycles. The molecule has 5 heteroatoms. The van der Waals surface area contributed by atoms with Gasteiger partial charge in [-0.2, -0.15) is 0 Å². The minimum absolute atomic E-state index is 0.610. The third-order valence-electron chi connectivity index (χ3n) is 5.21. The molecule has 0 spiro atoms. The molecule has 1 saturated carbocycles. The number of aromatic nitrogens is 4. The van der Waals surface area contributed by atoms with E-state index in [0.717, 1.165) is 23.3 Å². The highest BCUT2D eigenvalue weighted by Crippen LogP contribution is 2.40. The van der Waals surface area contributed by atoms with Gasteiger partial charge >= 0.3 is 0 Å². The lowest BCUT2D eigenvalue weighted by Gasteiger charge is -2.05. The van der Waals surface area contributed by atoms with Crippen molar-refractivity contribution in [1.82, 2.24) is 19.9 Å². The molecule has 4 aromatic heterocycles. The predicted molar refractivity (Wildman–Crippen MR) is 108 cm³/mol. The van der Waals surface area contributed by atoms with Crippen molar-refractivity contribution in [3.63, 3.8) is 0 Å². The lowest BCUT2D eigenvalue weighted by atomic mass is 10.0. The molecule has 5 nitrogen and oxygen atoms in total. The van der Waals surface area contributed by atoms with Crippen molar-refractivity contribution in [2.45, 2.75) is 25.2 Å². The summed E-state index contributed by atoms with van der Waals surface area (Å²) in [6.07, 6.45) is 13.2. The Morgan fingerprint density at radius 2 is 2.00 bits per heavy atom. The second-order valence-electron chi connectivity index (χ2n) is 7.30. The van der Waals surface area contributed by atoms with E-state index in [1.807, 2.05) is 37.0 Å². The van der Waals surface area contributed by atoms with Crippen LogP contribution in [0.5, 0.6) is 5.88 Å². The number of hydrogen-bond acceptors (Lipinski definition) is 4. The van der Waals surface area contributed by atoms with Crippen molar-refractivity contribution in [3.05, 3.63) is 89.5 Å². The lowest BCUT2D eigenvalue weighted by Crippen LogP contribution is -1.94. The summed E-state index contributed by atoms with van der Waals surface area (Å²) in [6.45, 7) is 0. The number of nitrogens with zero attached hydrogens (tertiary/aromatic N) is 3. The first kappa shape index (κ1) is 16.9. The molecule has 0 unspecified atom stereocenters. The molecule has 4 heterocycles. The van der Waals surface area contributed by atoms with Crippen LogP contribution in [0, 0.1) is 6.42 Å². The molecule has 139 valence electrons. The van der Waals surface area contributed by atoms with Crippen LogP contribution in [0.4, 0.5) is 0 Å². The lowest BCUT2D eigenvalue weighted by molar-refractivity contribution is 0.398. The number of methoxy groups -OCH3 is 1. The molecule has 0 atom stereocenters. The Balaban J connectivity index is 1.32. The molecular formula is C23H21N4O. The SMILES string of the molecule is COc1ccc([CH]c2ccc(Cc3c[nH]c4ncc(C5CC5)cc34)cn2)cn1. The van der Waals surface area contributed by atoms with E-state index in [4.69, 9.17) is 4.74 Å². The Morgan fingerprint density at radius 1 is 1.07 bits per heavy atom. The molecule has 0 bridgehead atoms. The van der Waals surface area contributed by atoms with Gasteiger partial charge in [0.1, 0.15) is 5.65 Å². The first-order valence-electron chi connectivity index (χ1n) is 9.54. The van der Waals surface area contributed by atoms with Crippen LogP contribution < -0.4 is 4.74 Å². The zero-order valence-corrected chi connectivity index (χ0v) is 15.7. The van der Waals surface area contributed by atoms with E-state index in [1.165, 1.54) is 34.9 Å². The zero-order valence-electron chi connectivity index (χ0n) is 15.7. The summed E-state index contributed by atoms with van der Waals surface area (Å²) in [5.41, 5.74) is 6.68. The quantitative estimate of drug-likeness (QED) is 0.546. The Labute approximate surface area is 163 Å². The molecule has 1 radical (unpaired) electrons. The fraction of sp³-hybridized carbons (Fsp3) is 0.217. The van der Waals surface area contributed by atoms with Gasteiger partial charge in [-0.15, -0.1) is 0 Å². The summed E-state index contributed by atoms with van der Waals surface area (Å²) in [5, 5.41) is 1.23. The number of aromatic amines is 1. The van der Waals surface area contributed by atoms with E-state index >= 15 is 0 Å². The van der Waals surface area contributed by atoms with E-state index in [2.05, 4.69) is 38.3 Å². The van der Waals surface area contributed by atoms with Crippen LogP contribution in [-0.2, 0) is 6.42 Å². The molecule has 28 heavy (non-hydrogen) atoms. The number of H-pyrrole nitrogens is 1. The van der Waals surface area contributed by atoms with Crippen LogP contribution in [0.25, 0.3) is 11.0 Å². The highest BCUT2D eigenvalue weighted by atomic mass is 16.5. The smallest absolute Gasteiger partial charge is 0.212 e. The fourth-order valence-corrected chi connectivity index (χ4v) is 3.47. The van der Waals surface area contributed by atoms with E-state index < -0.39 is 0 Å².